The molecule has 20 heavy (non-hydrogen) atoms. The second-order valence-electron chi connectivity index (χ2n) is 5.78. The predicted molar refractivity (Wildman–Crippen MR) is 73.2 cm³/mol. The van der Waals surface area contributed by atoms with Gasteiger partial charge in [0.2, 0.25) is 0 Å². The van der Waals surface area contributed by atoms with Crippen molar-refractivity contribution in [2.45, 2.75) is 44.0 Å². The van der Waals surface area contributed by atoms with E-state index in [1.807, 2.05) is 4.57 Å². The molecule has 2 N–H and O–H groups in total. The molecule has 1 aromatic rings. The maximum Gasteiger partial charge on any atom is 0.313 e. The quantitative estimate of drug-likeness (QED) is 0.771. The van der Waals surface area contributed by atoms with Gasteiger partial charge >= 0.3 is 5.97 Å². The third-order valence-electron chi connectivity index (χ3n) is 4.56. The van der Waals surface area contributed by atoms with Crippen molar-refractivity contribution in [1.29, 1.82) is 0 Å². The van der Waals surface area contributed by atoms with Gasteiger partial charge in [0.15, 0.2) is 11.0 Å². The van der Waals surface area contributed by atoms with E-state index < -0.39 is 5.97 Å². The topological polar surface area (TPSA) is 88.2 Å². The van der Waals surface area contributed by atoms with Gasteiger partial charge in [-0.25, -0.2) is 0 Å². The molecule has 0 saturated heterocycles. The highest BCUT2D eigenvalue weighted by atomic mass is 32.2. The van der Waals surface area contributed by atoms with Crippen LogP contribution in [-0.4, -0.2) is 36.7 Å². The van der Waals surface area contributed by atoms with Crippen molar-refractivity contribution in [1.82, 2.24) is 14.8 Å². The molecule has 6 nitrogen and oxygen atoms in total. The molecule has 3 rings (SSSR count). The second kappa shape index (κ2) is 5.73. The van der Waals surface area contributed by atoms with Gasteiger partial charge in [0, 0.05) is 6.54 Å². The number of carbonyl (C=O) groups is 1. The lowest BCUT2D eigenvalue weighted by atomic mass is 9.89. The van der Waals surface area contributed by atoms with Crippen molar-refractivity contribution >= 4 is 17.7 Å². The van der Waals surface area contributed by atoms with Crippen LogP contribution in [0.5, 0.6) is 0 Å². The maximum atomic E-state index is 10.7. The number of hydrogen-bond acceptors (Lipinski definition) is 5. The zero-order valence-corrected chi connectivity index (χ0v) is 12.1. The van der Waals surface area contributed by atoms with Gasteiger partial charge < -0.3 is 14.8 Å². The van der Waals surface area contributed by atoms with Gasteiger partial charge in [-0.05, 0) is 37.0 Å². The van der Waals surface area contributed by atoms with E-state index in [-0.39, 0.29) is 12.4 Å². The number of aliphatic hydroxyl groups excluding tert-OH is 1. The summed E-state index contributed by atoms with van der Waals surface area (Å²) < 4.78 is 1.92. The molecule has 0 radical (unpaired) electrons. The normalized spacial score (nSPS) is 28.1. The van der Waals surface area contributed by atoms with Gasteiger partial charge in [-0.1, -0.05) is 18.2 Å². The highest BCUT2D eigenvalue weighted by Crippen LogP contribution is 2.49. The van der Waals surface area contributed by atoms with Crippen molar-refractivity contribution in [2.75, 3.05) is 5.75 Å². The Morgan fingerprint density at radius 1 is 1.35 bits per heavy atom. The highest BCUT2D eigenvalue weighted by Gasteiger charge is 2.39. The number of aromatic nitrogens is 3. The van der Waals surface area contributed by atoms with Crippen LogP contribution < -0.4 is 0 Å². The molecule has 2 aliphatic rings. The summed E-state index contributed by atoms with van der Waals surface area (Å²) in [6.45, 7) is 0.660. The maximum absolute atomic E-state index is 10.7. The summed E-state index contributed by atoms with van der Waals surface area (Å²) in [5, 5.41) is 26.7. The van der Waals surface area contributed by atoms with Crippen LogP contribution in [0.15, 0.2) is 5.16 Å². The summed E-state index contributed by atoms with van der Waals surface area (Å²) in [6, 6.07) is 0. The minimum Gasteiger partial charge on any atom is -0.481 e. The number of aliphatic hydroxyl groups is 1. The van der Waals surface area contributed by atoms with Crippen molar-refractivity contribution in [2.24, 2.45) is 17.8 Å². The van der Waals surface area contributed by atoms with Crippen LogP contribution in [-0.2, 0) is 17.9 Å². The Labute approximate surface area is 121 Å². The van der Waals surface area contributed by atoms with Crippen molar-refractivity contribution in [3.8, 4) is 0 Å². The summed E-state index contributed by atoms with van der Waals surface area (Å²) in [7, 11) is 0. The van der Waals surface area contributed by atoms with Gasteiger partial charge in [-0.3, -0.25) is 4.79 Å². The molecule has 0 amide bonds. The molecule has 1 aromatic heterocycles. The fourth-order valence-electron chi connectivity index (χ4n) is 3.69. The number of carboxylic acids is 1. The van der Waals surface area contributed by atoms with Crippen LogP contribution in [0.4, 0.5) is 0 Å². The third-order valence-corrected chi connectivity index (χ3v) is 5.51. The van der Waals surface area contributed by atoms with Crippen LogP contribution in [0.25, 0.3) is 0 Å². The lowest BCUT2D eigenvalue weighted by Gasteiger charge is -2.23. The fourth-order valence-corrected chi connectivity index (χ4v) is 4.37. The largest absolute Gasteiger partial charge is 0.481 e. The van der Waals surface area contributed by atoms with E-state index in [0.717, 1.165) is 18.4 Å². The Balaban J connectivity index is 1.73. The average molecular weight is 297 g/mol. The van der Waals surface area contributed by atoms with E-state index in [1.165, 1.54) is 37.4 Å². The average Bonchev–Trinajstić information content (AvgIpc) is 3.11. The van der Waals surface area contributed by atoms with E-state index in [4.69, 9.17) is 5.11 Å². The molecule has 7 heteroatoms. The molecule has 3 unspecified atom stereocenters. The van der Waals surface area contributed by atoms with Crippen LogP contribution >= 0.6 is 11.8 Å². The first-order valence-electron chi connectivity index (χ1n) is 7.05. The van der Waals surface area contributed by atoms with Gasteiger partial charge in [-0.15, -0.1) is 10.2 Å². The summed E-state index contributed by atoms with van der Waals surface area (Å²) in [5.74, 6) is 1.93. The summed E-state index contributed by atoms with van der Waals surface area (Å²) >= 11 is 1.17. The number of thioether (sulfide) groups is 1. The Bertz CT molecular complexity index is 505. The van der Waals surface area contributed by atoms with Crippen LogP contribution in [0.3, 0.4) is 0 Å². The number of aliphatic carboxylic acids is 1. The molecular formula is C13H19N3O3S. The number of nitrogens with zero attached hydrogens (tertiary/aromatic N) is 3. The van der Waals surface area contributed by atoms with E-state index >= 15 is 0 Å². The third kappa shape index (κ3) is 2.69. The first-order chi connectivity index (χ1) is 9.67. The van der Waals surface area contributed by atoms with Crippen molar-refractivity contribution in [3.05, 3.63) is 5.82 Å². The Hall–Kier alpha value is -1.08. The molecular weight excluding hydrogens is 278 g/mol. The molecule has 0 spiro atoms. The molecule has 0 aromatic carbocycles. The summed E-state index contributed by atoms with van der Waals surface area (Å²) in [5.41, 5.74) is 0. The minimum atomic E-state index is -0.866. The molecule has 2 aliphatic carbocycles. The lowest BCUT2D eigenvalue weighted by Crippen LogP contribution is -2.19. The Kier molecular flexibility index (Phi) is 3.98. The van der Waals surface area contributed by atoms with Gasteiger partial charge in [0.05, 0.1) is 5.75 Å². The van der Waals surface area contributed by atoms with Crippen LogP contribution in [0.1, 0.15) is 31.5 Å². The molecule has 2 bridgehead atoms. The molecule has 2 fully saturated rings. The van der Waals surface area contributed by atoms with E-state index in [2.05, 4.69) is 10.2 Å². The van der Waals surface area contributed by atoms with Crippen molar-refractivity contribution < 1.29 is 15.0 Å². The number of rotatable bonds is 6. The Morgan fingerprint density at radius 3 is 2.80 bits per heavy atom. The lowest BCUT2D eigenvalue weighted by molar-refractivity contribution is -0.133. The zero-order valence-electron chi connectivity index (χ0n) is 11.2. The molecule has 2 saturated carbocycles. The standard InChI is InChI=1S/C13H19N3O3S/c17-6-11-14-15-13(20-7-12(18)19)16(11)5-10-4-8-1-2-9(10)3-8/h8-10,17H,1-7H2,(H,18,19). The first-order valence-corrected chi connectivity index (χ1v) is 8.03. The minimum absolute atomic E-state index is 0.0275. The smallest absolute Gasteiger partial charge is 0.313 e. The number of carboxylic acid groups (broad SMARTS) is 1. The van der Waals surface area contributed by atoms with Crippen LogP contribution in [0.2, 0.25) is 0 Å². The predicted octanol–water partition coefficient (Wildman–Crippen LogP) is 1.38. The van der Waals surface area contributed by atoms with E-state index in [0.29, 0.717) is 16.9 Å². The fraction of sp³-hybridized carbons (Fsp3) is 0.769. The zero-order chi connectivity index (χ0) is 14.1. The SMILES string of the molecule is O=C(O)CSc1nnc(CO)n1CC1CC2CCC1C2. The van der Waals surface area contributed by atoms with Crippen LogP contribution in [0, 0.1) is 17.8 Å². The van der Waals surface area contributed by atoms with Gasteiger partial charge in [-0.2, -0.15) is 0 Å². The number of fused-ring (bicyclic) bond motifs is 2. The molecule has 1 heterocycles. The van der Waals surface area contributed by atoms with Crippen molar-refractivity contribution in [3.63, 3.8) is 0 Å². The summed E-state index contributed by atoms with van der Waals surface area (Å²) in [4.78, 5) is 10.7. The van der Waals surface area contributed by atoms with Gasteiger partial charge in [0.25, 0.3) is 0 Å². The molecule has 0 aliphatic heterocycles. The molecule has 110 valence electrons. The second-order valence-corrected chi connectivity index (χ2v) is 6.73. The van der Waals surface area contributed by atoms with E-state index in [9.17, 15) is 9.90 Å². The highest BCUT2D eigenvalue weighted by molar-refractivity contribution is 7.99. The van der Waals surface area contributed by atoms with E-state index in [1.54, 1.807) is 0 Å². The summed E-state index contributed by atoms with van der Waals surface area (Å²) in [6.07, 6.45) is 5.25. The van der Waals surface area contributed by atoms with Gasteiger partial charge in [0.1, 0.15) is 6.61 Å². The Morgan fingerprint density at radius 2 is 2.20 bits per heavy atom. The monoisotopic (exact) mass is 297 g/mol. The first kappa shape index (κ1) is 13.9. The number of hydrogen-bond donors (Lipinski definition) is 2. The molecule has 3 atom stereocenters.